The second kappa shape index (κ2) is 4.27. The van der Waals surface area contributed by atoms with Gasteiger partial charge in [0.15, 0.2) is 0 Å². The Balaban J connectivity index is 1.92. The van der Waals surface area contributed by atoms with Crippen LogP contribution in [-0.2, 0) is 6.42 Å². The summed E-state index contributed by atoms with van der Waals surface area (Å²) in [7, 11) is 0. The van der Waals surface area contributed by atoms with Crippen molar-refractivity contribution in [2.75, 3.05) is 0 Å². The second-order valence-corrected chi connectivity index (χ2v) is 7.05. The molecule has 0 saturated heterocycles. The molecule has 2 heteroatoms. The molecule has 0 heterocycles. The highest BCUT2D eigenvalue weighted by atomic mass is 16.3. The van der Waals surface area contributed by atoms with Gasteiger partial charge in [0.25, 0.3) is 0 Å². The smallest absolute Gasteiger partial charge is 0.131 e. The molecule has 2 N–H and O–H groups in total. The van der Waals surface area contributed by atoms with Gasteiger partial charge in [-0.1, -0.05) is 31.0 Å². The van der Waals surface area contributed by atoms with Crippen molar-refractivity contribution >= 4 is 10.8 Å². The second-order valence-electron chi connectivity index (χ2n) is 7.05. The minimum atomic E-state index is -0.987. The lowest BCUT2D eigenvalue weighted by atomic mass is 9.61. The summed E-state index contributed by atoms with van der Waals surface area (Å²) < 4.78 is 0. The Labute approximate surface area is 130 Å². The number of phenols is 1. The molecule has 0 unspecified atom stereocenters. The lowest BCUT2D eigenvalue weighted by Crippen LogP contribution is -2.45. The highest BCUT2D eigenvalue weighted by Gasteiger charge is 2.57. The molecule has 1 fully saturated rings. The fourth-order valence-corrected chi connectivity index (χ4v) is 4.75. The highest BCUT2D eigenvalue weighted by Crippen LogP contribution is 2.60. The van der Waals surface area contributed by atoms with E-state index in [4.69, 9.17) is 6.42 Å². The largest absolute Gasteiger partial charge is 0.508 e. The zero-order valence-electron chi connectivity index (χ0n) is 12.8. The molecular weight excluding hydrogens is 272 g/mol. The zero-order valence-corrected chi connectivity index (χ0v) is 12.8. The van der Waals surface area contributed by atoms with Gasteiger partial charge < -0.3 is 10.2 Å². The van der Waals surface area contributed by atoms with E-state index in [1.165, 1.54) is 16.5 Å². The zero-order chi connectivity index (χ0) is 15.5. The maximum Gasteiger partial charge on any atom is 0.131 e. The fraction of sp³-hybridized carbons (Fsp3) is 0.400. The Morgan fingerprint density at radius 2 is 2.05 bits per heavy atom. The third-order valence-electron chi connectivity index (χ3n) is 6.17. The number of hydrogen-bond acceptors (Lipinski definition) is 2. The first-order valence-corrected chi connectivity index (χ1v) is 7.93. The van der Waals surface area contributed by atoms with E-state index in [9.17, 15) is 10.2 Å². The highest BCUT2D eigenvalue weighted by molar-refractivity contribution is 5.88. The van der Waals surface area contributed by atoms with Crippen LogP contribution in [0, 0.1) is 17.8 Å². The number of phenolic OH excluding ortho intramolecular Hbond substituents is 1. The van der Waals surface area contributed by atoms with Gasteiger partial charge in [-0.3, -0.25) is 0 Å². The molecule has 2 aliphatic carbocycles. The number of terminal acetylenes is 1. The molecule has 0 aromatic heterocycles. The molecule has 0 spiro atoms. The molecule has 2 nitrogen and oxygen atoms in total. The summed E-state index contributed by atoms with van der Waals surface area (Å²) in [6.45, 7) is 2.15. The van der Waals surface area contributed by atoms with Crippen LogP contribution in [-0.4, -0.2) is 15.8 Å². The van der Waals surface area contributed by atoms with Crippen molar-refractivity contribution in [3.63, 3.8) is 0 Å². The Bertz CT molecular complexity index is 816. The van der Waals surface area contributed by atoms with Crippen molar-refractivity contribution in [2.45, 2.75) is 44.1 Å². The molecule has 2 aliphatic rings. The summed E-state index contributed by atoms with van der Waals surface area (Å²) in [4.78, 5) is 0. The third-order valence-corrected chi connectivity index (χ3v) is 6.17. The number of aryl methyl sites for hydroxylation is 1. The number of rotatable bonds is 0. The summed E-state index contributed by atoms with van der Waals surface area (Å²) in [5.74, 6) is 3.29. The van der Waals surface area contributed by atoms with Crippen LogP contribution >= 0.6 is 0 Å². The molecule has 4 rings (SSSR count). The molecule has 0 amide bonds. The van der Waals surface area contributed by atoms with E-state index in [1.807, 2.05) is 12.1 Å². The first kappa shape index (κ1) is 13.7. The number of fused-ring (bicyclic) bond motifs is 5. The van der Waals surface area contributed by atoms with Crippen molar-refractivity contribution in [1.29, 1.82) is 0 Å². The van der Waals surface area contributed by atoms with Crippen molar-refractivity contribution in [3.8, 4) is 18.1 Å². The lowest BCUT2D eigenvalue weighted by Gasteiger charge is -2.44. The molecular formula is C20H20O2. The van der Waals surface area contributed by atoms with Crippen LogP contribution in [0.25, 0.3) is 10.8 Å². The van der Waals surface area contributed by atoms with Crippen molar-refractivity contribution in [3.05, 3.63) is 41.5 Å². The van der Waals surface area contributed by atoms with Crippen LogP contribution in [0.4, 0.5) is 0 Å². The molecule has 0 radical (unpaired) electrons. The summed E-state index contributed by atoms with van der Waals surface area (Å²) in [5.41, 5.74) is 1.47. The van der Waals surface area contributed by atoms with Gasteiger partial charge in [-0.15, -0.1) is 6.42 Å². The van der Waals surface area contributed by atoms with Crippen molar-refractivity contribution in [2.24, 2.45) is 5.41 Å². The average Bonchev–Trinajstić information content (AvgIpc) is 2.79. The molecule has 2 aromatic carbocycles. The Kier molecular flexibility index (Phi) is 2.65. The van der Waals surface area contributed by atoms with Gasteiger partial charge in [-0.05, 0) is 65.6 Å². The van der Waals surface area contributed by atoms with Crippen LogP contribution in [0.3, 0.4) is 0 Å². The van der Waals surface area contributed by atoms with Crippen LogP contribution in [0.15, 0.2) is 30.3 Å². The van der Waals surface area contributed by atoms with Crippen molar-refractivity contribution < 1.29 is 10.2 Å². The predicted octanol–water partition coefficient (Wildman–Crippen LogP) is 3.74. The Morgan fingerprint density at radius 3 is 2.82 bits per heavy atom. The van der Waals surface area contributed by atoms with Gasteiger partial charge in [-0.2, -0.15) is 0 Å². The monoisotopic (exact) mass is 292 g/mol. The normalized spacial score (nSPS) is 33.2. The summed E-state index contributed by atoms with van der Waals surface area (Å²) in [6, 6.07) is 9.82. The molecule has 0 bridgehead atoms. The lowest BCUT2D eigenvalue weighted by molar-refractivity contribution is -0.0154. The topological polar surface area (TPSA) is 40.5 Å². The molecule has 0 aliphatic heterocycles. The Morgan fingerprint density at radius 1 is 1.23 bits per heavy atom. The average molecular weight is 292 g/mol. The molecule has 112 valence electrons. The Hall–Kier alpha value is -1.98. The number of hydrogen-bond donors (Lipinski definition) is 2. The minimum absolute atomic E-state index is 0.237. The minimum Gasteiger partial charge on any atom is -0.508 e. The van der Waals surface area contributed by atoms with Gasteiger partial charge in [0, 0.05) is 5.41 Å². The van der Waals surface area contributed by atoms with Gasteiger partial charge in [0.1, 0.15) is 11.4 Å². The van der Waals surface area contributed by atoms with Gasteiger partial charge in [-0.25, -0.2) is 0 Å². The van der Waals surface area contributed by atoms with Gasteiger partial charge >= 0.3 is 0 Å². The van der Waals surface area contributed by atoms with Gasteiger partial charge in [0.2, 0.25) is 0 Å². The summed E-state index contributed by atoms with van der Waals surface area (Å²) >= 11 is 0. The van der Waals surface area contributed by atoms with E-state index >= 15 is 0 Å². The van der Waals surface area contributed by atoms with Crippen LogP contribution < -0.4 is 0 Å². The van der Waals surface area contributed by atoms with E-state index in [0.717, 1.165) is 24.6 Å². The van der Waals surface area contributed by atoms with E-state index in [-0.39, 0.29) is 5.41 Å². The summed E-state index contributed by atoms with van der Waals surface area (Å²) in [5, 5.41) is 22.8. The first-order chi connectivity index (χ1) is 10.5. The van der Waals surface area contributed by atoms with E-state index in [1.54, 1.807) is 6.07 Å². The van der Waals surface area contributed by atoms with E-state index < -0.39 is 5.60 Å². The maximum absolute atomic E-state index is 10.9. The van der Waals surface area contributed by atoms with E-state index in [2.05, 4.69) is 25.0 Å². The SMILES string of the molecule is C#C[C@]1(O)CC[C@@H]2c3ccc4cc(O)ccc4c3CC[C@@]21C. The molecule has 2 aromatic rings. The maximum atomic E-state index is 10.9. The quantitative estimate of drug-likeness (QED) is 0.726. The summed E-state index contributed by atoms with van der Waals surface area (Å²) in [6.07, 6.45) is 9.11. The predicted molar refractivity (Wildman–Crippen MR) is 87.8 cm³/mol. The number of aliphatic hydroxyl groups is 1. The first-order valence-electron chi connectivity index (χ1n) is 7.93. The third kappa shape index (κ3) is 1.55. The number of benzene rings is 2. The standard InChI is InChI=1S/C20H20O2/c1-3-20(22)11-9-18-17-6-4-13-12-14(21)5-7-15(13)16(17)8-10-19(18,20)2/h1,4-7,12,18,21-22H,8-11H2,2H3/t18-,19+,20+/m1/s1. The van der Waals surface area contributed by atoms with Gasteiger partial charge in [0.05, 0.1) is 0 Å². The van der Waals surface area contributed by atoms with Crippen molar-refractivity contribution in [1.82, 2.24) is 0 Å². The number of aromatic hydroxyl groups is 1. The molecule has 1 saturated carbocycles. The van der Waals surface area contributed by atoms with E-state index in [0.29, 0.717) is 18.1 Å². The molecule has 3 atom stereocenters. The van der Waals surface area contributed by atoms with Crippen LogP contribution in [0.2, 0.25) is 0 Å². The van der Waals surface area contributed by atoms with Crippen LogP contribution in [0.5, 0.6) is 5.75 Å². The fourth-order valence-electron chi connectivity index (χ4n) is 4.75. The molecule has 22 heavy (non-hydrogen) atoms. The van der Waals surface area contributed by atoms with Crippen LogP contribution in [0.1, 0.15) is 43.2 Å².